The Hall–Kier alpha value is -2.53. The number of benzene rings is 2. The Kier molecular flexibility index (Phi) is 5.52. The molecule has 0 fully saturated rings. The van der Waals surface area contributed by atoms with Crippen LogP contribution in [0.3, 0.4) is 0 Å². The van der Waals surface area contributed by atoms with Crippen molar-refractivity contribution in [2.75, 3.05) is 19.0 Å². The zero-order chi connectivity index (χ0) is 23.4. The van der Waals surface area contributed by atoms with Crippen molar-refractivity contribution in [1.29, 1.82) is 0 Å². The molecule has 1 aliphatic carbocycles. The Balaban J connectivity index is 1.90. The predicted molar refractivity (Wildman–Crippen MR) is 136 cm³/mol. The highest BCUT2D eigenvalue weighted by Crippen LogP contribution is 2.48. The monoisotopic (exact) mass is 450 g/mol. The number of aromatic hydroxyl groups is 1. The number of fused-ring (bicyclic) bond motifs is 1. The first-order chi connectivity index (χ1) is 14.9. The summed E-state index contributed by atoms with van der Waals surface area (Å²) in [5, 5.41) is 11.6. The standard InChI is InChI=1S/C27H34N2O2S/c1-17-12-21-22(27(4,5)11-10-26(21,2)3)14-19(17)20-13-18(8-9-23(20)28(6)7)15-29-24(30)16-32-25(29)31/h8-9,12-14,16,30H,10-11,15H2,1-7H3. The topological polar surface area (TPSA) is 45.5 Å². The molecule has 0 spiro atoms. The van der Waals surface area contributed by atoms with Crippen LogP contribution in [0.1, 0.15) is 62.8 Å². The van der Waals surface area contributed by atoms with Gasteiger partial charge in [-0.25, -0.2) is 0 Å². The fourth-order valence-electron chi connectivity index (χ4n) is 4.95. The Morgan fingerprint density at radius 1 is 1.00 bits per heavy atom. The molecule has 3 aromatic rings. The summed E-state index contributed by atoms with van der Waals surface area (Å²) in [5.41, 5.74) is 9.03. The first-order valence-electron chi connectivity index (χ1n) is 11.2. The van der Waals surface area contributed by atoms with Gasteiger partial charge in [-0.2, -0.15) is 0 Å². The van der Waals surface area contributed by atoms with Crippen LogP contribution < -0.4 is 9.77 Å². The lowest BCUT2D eigenvalue weighted by molar-refractivity contribution is 0.332. The lowest BCUT2D eigenvalue weighted by atomic mass is 9.62. The van der Waals surface area contributed by atoms with Crippen LogP contribution in [0.5, 0.6) is 5.88 Å². The second-order valence-electron chi connectivity index (χ2n) is 10.7. The van der Waals surface area contributed by atoms with E-state index >= 15 is 0 Å². The minimum absolute atomic E-state index is 0.0205. The van der Waals surface area contributed by atoms with Gasteiger partial charge in [-0.1, -0.05) is 51.2 Å². The third-order valence-corrected chi connectivity index (χ3v) is 7.88. The first kappa shape index (κ1) is 22.7. The van der Waals surface area contributed by atoms with E-state index in [9.17, 15) is 9.90 Å². The van der Waals surface area contributed by atoms with Gasteiger partial charge in [-0.05, 0) is 76.6 Å². The van der Waals surface area contributed by atoms with Crippen LogP contribution in [0.15, 0.2) is 40.5 Å². The van der Waals surface area contributed by atoms with E-state index in [4.69, 9.17) is 0 Å². The SMILES string of the molecule is Cc1cc2c(cc1-c1cc(Cn3c(O)csc3=O)ccc1N(C)C)C(C)(C)CCC2(C)C. The van der Waals surface area contributed by atoms with Crippen molar-refractivity contribution >= 4 is 17.0 Å². The molecule has 0 saturated carbocycles. The minimum atomic E-state index is -0.144. The molecule has 32 heavy (non-hydrogen) atoms. The van der Waals surface area contributed by atoms with Crippen LogP contribution >= 0.6 is 11.3 Å². The lowest BCUT2D eigenvalue weighted by Gasteiger charge is -2.42. The average molecular weight is 451 g/mol. The maximum atomic E-state index is 12.1. The van der Waals surface area contributed by atoms with E-state index < -0.39 is 0 Å². The fourth-order valence-corrected chi connectivity index (χ4v) is 5.57. The van der Waals surface area contributed by atoms with Gasteiger partial charge in [0.1, 0.15) is 0 Å². The fraction of sp³-hybridized carbons (Fsp3) is 0.444. The minimum Gasteiger partial charge on any atom is -0.494 e. The van der Waals surface area contributed by atoms with Gasteiger partial charge in [0.15, 0.2) is 0 Å². The van der Waals surface area contributed by atoms with Crippen molar-refractivity contribution in [2.45, 2.75) is 64.8 Å². The molecule has 0 amide bonds. The molecule has 1 heterocycles. The largest absolute Gasteiger partial charge is 0.494 e. The molecule has 0 unspecified atom stereocenters. The molecule has 4 nitrogen and oxygen atoms in total. The van der Waals surface area contributed by atoms with E-state index in [1.807, 2.05) is 6.07 Å². The van der Waals surface area contributed by atoms with Crippen LogP contribution in [-0.4, -0.2) is 23.8 Å². The van der Waals surface area contributed by atoms with Crippen molar-refractivity contribution in [3.05, 3.63) is 67.6 Å². The van der Waals surface area contributed by atoms with Crippen molar-refractivity contribution in [3.63, 3.8) is 0 Å². The molecule has 0 bridgehead atoms. The van der Waals surface area contributed by atoms with Crippen molar-refractivity contribution < 1.29 is 5.11 Å². The van der Waals surface area contributed by atoms with Gasteiger partial charge in [-0.3, -0.25) is 9.36 Å². The van der Waals surface area contributed by atoms with Gasteiger partial charge in [-0.15, -0.1) is 0 Å². The van der Waals surface area contributed by atoms with E-state index in [-0.39, 0.29) is 21.6 Å². The van der Waals surface area contributed by atoms with Gasteiger partial charge >= 0.3 is 4.87 Å². The second kappa shape index (κ2) is 7.80. The van der Waals surface area contributed by atoms with Crippen LogP contribution in [0.2, 0.25) is 0 Å². The van der Waals surface area contributed by atoms with Crippen molar-refractivity contribution in [2.24, 2.45) is 0 Å². The molecular weight excluding hydrogens is 416 g/mol. The number of thiazole rings is 1. The molecule has 0 aliphatic heterocycles. The van der Waals surface area contributed by atoms with Crippen LogP contribution in [-0.2, 0) is 17.4 Å². The van der Waals surface area contributed by atoms with Gasteiger partial charge in [0, 0.05) is 25.3 Å². The van der Waals surface area contributed by atoms with Crippen LogP contribution in [0, 0.1) is 6.92 Å². The van der Waals surface area contributed by atoms with E-state index in [1.54, 1.807) is 0 Å². The number of anilines is 1. The van der Waals surface area contributed by atoms with Gasteiger partial charge in [0.25, 0.3) is 0 Å². The normalized spacial score (nSPS) is 16.6. The number of rotatable bonds is 4. The number of aryl methyl sites for hydroxylation is 1. The molecule has 1 aliphatic rings. The zero-order valence-corrected chi connectivity index (χ0v) is 21.1. The van der Waals surface area contributed by atoms with E-state index in [2.05, 4.69) is 77.9 Å². The Labute approximate surface area is 195 Å². The molecule has 0 radical (unpaired) electrons. The van der Waals surface area contributed by atoms with Gasteiger partial charge in [0.05, 0.1) is 11.9 Å². The molecule has 5 heteroatoms. The van der Waals surface area contributed by atoms with E-state index in [0.29, 0.717) is 6.54 Å². The number of hydrogen-bond acceptors (Lipinski definition) is 4. The highest BCUT2D eigenvalue weighted by Gasteiger charge is 2.37. The van der Waals surface area contributed by atoms with E-state index in [0.717, 1.165) is 28.2 Å². The molecule has 0 atom stereocenters. The molecule has 2 aromatic carbocycles. The highest BCUT2D eigenvalue weighted by molar-refractivity contribution is 7.07. The molecule has 170 valence electrons. The molecular formula is C27H34N2O2S. The number of nitrogens with zero attached hydrogens (tertiary/aromatic N) is 2. The predicted octanol–water partition coefficient (Wildman–Crippen LogP) is 6.05. The third kappa shape index (κ3) is 3.88. The Bertz CT molecular complexity index is 1230. The lowest BCUT2D eigenvalue weighted by Crippen LogP contribution is -2.34. The van der Waals surface area contributed by atoms with Crippen LogP contribution in [0.4, 0.5) is 5.69 Å². The summed E-state index contributed by atoms with van der Waals surface area (Å²) in [6, 6.07) is 11.1. The summed E-state index contributed by atoms with van der Waals surface area (Å²) in [5.74, 6) is 0.0205. The summed E-state index contributed by atoms with van der Waals surface area (Å²) in [7, 11) is 4.13. The molecule has 1 N–H and O–H groups in total. The Morgan fingerprint density at radius 3 is 2.19 bits per heavy atom. The quantitative estimate of drug-likeness (QED) is 0.526. The molecule has 1 aromatic heterocycles. The first-order valence-corrected chi connectivity index (χ1v) is 12.1. The zero-order valence-electron chi connectivity index (χ0n) is 20.2. The number of aromatic nitrogens is 1. The Morgan fingerprint density at radius 2 is 1.62 bits per heavy atom. The molecule has 4 rings (SSSR count). The smallest absolute Gasteiger partial charge is 0.310 e. The highest BCUT2D eigenvalue weighted by atomic mass is 32.1. The van der Waals surface area contributed by atoms with Crippen molar-refractivity contribution in [1.82, 2.24) is 4.57 Å². The second-order valence-corrected chi connectivity index (χ2v) is 11.5. The summed E-state index contributed by atoms with van der Waals surface area (Å²) in [4.78, 5) is 14.1. The average Bonchev–Trinajstić information content (AvgIpc) is 3.03. The summed E-state index contributed by atoms with van der Waals surface area (Å²) in [6.07, 6.45) is 2.37. The van der Waals surface area contributed by atoms with Crippen molar-refractivity contribution in [3.8, 4) is 17.0 Å². The molecule has 0 saturated heterocycles. The summed E-state index contributed by atoms with van der Waals surface area (Å²) >= 11 is 1.03. The van der Waals surface area contributed by atoms with Crippen LogP contribution in [0.25, 0.3) is 11.1 Å². The maximum absolute atomic E-state index is 12.1. The third-order valence-electron chi connectivity index (χ3n) is 7.13. The summed E-state index contributed by atoms with van der Waals surface area (Å²) < 4.78 is 1.42. The number of hydrogen-bond donors (Lipinski definition) is 1. The van der Waals surface area contributed by atoms with E-state index in [1.165, 1.54) is 45.0 Å². The summed E-state index contributed by atoms with van der Waals surface area (Å²) in [6.45, 7) is 12.0. The van der Waals surface area contributed by atoms with Gasteiger partial charge in [0.2, 0.25) is 5.88 Å². The maximum Gasteiger partial charge on any atom is 0.310 e. The van der Waals surface area contributed by atoms with Gasteiger partial charge < -0.3 is 10.0 Å².